The molecule has 0 aromatic heterocycles. The van der Waals surface area contributed by atoms with Crippen LogP contribution in [-0.2, 0) is 9.59 Å². The Morgan fingerprint density at radius 2 is 1.89 bits per heavy atom. The monoisotopic (exact) mass is 270 g/mol. The first-order valence-electron chi connectivity index (χ1n) is 5.63. The van der Waals surface area contributed by atoms with E-state index in [4.69, 9.17) is 11.6 Å². The molecule has 6 heteroatoms. The second kappa shape index (κ2) is 6.98. The Kier molecular flexibility index (Phi) is 5.61. The van der Waals surface area contributed by atoms with Gasteiger partial charge in [0.1, 0.15) is 6.04 Å². The molecule has 1 rings (SSSR count). The van der Waals surface area contributed by atoms with Crippen LogP contribution < -0.4 is 16.2 Å². The van der Waals surface area contributed by atoms with Crippen LogP contribution in [0.1, 0.15) is 25.5 Å². The third kappa shape index (κ3) is 5.16. The molecule has 1 atom stereocenters. The number of amides is 2. The molecule has 0 aliphatic heterocycles. The van der Waals surface area contributed by atoms with E-state index in [1.54, 1.807) is 0 Å². The van der Waals surface area contributed by atoms with Gasteiger partial charge in [0.25, 0.3) is 5.91 Å². The van der Waals surface area contributed by atoms with Gasteiger partial charge in [-0.3, -0.25) is 20.4 Å². The molecule has 98 valence electrons. The Morgan fingerprint density at radius 1 is 1.28 bits per heavy atom. The maximum Gasteiger partial charge on any atom is 0.293 e. The largest absolute Gasteiger partial charge is 0.332 e. The Morgan fingerprint density at radius 3 is 2.44 bits per heavy atom. The predicted octanol–water partition coefficient (Wildman–Crippen LogP) is 0.132. The lowest BCUT2D eigenvalue weighted by molar-refractivity contribution is -0.682. The first kappa shape index (κ1) is 14.5. The van der Waals surface area contributed by atoms with Crippen molar-refractivity contribution in [3.8, 4) is 0 Å². The molecule has 0 unspecified atom stereocenters. The van der Waals surface area contributed by atoms with Crippen LogP contribution in [-0.4, -0.2) is 18.4 Å². The van der Waals surface area contributed by atoms with Crippen molar-refractivity contribution in [2.24, 2.45) is 0 Å². The highest BCUT2D eigenvalue weighted by Gasteiger charge is 2.11. The molecule has 0 bridgehead atoms. The summed E-state index contributed by atoms with van der Waals surface area (Å²) in [4.78, 5) is 22.0. The van der Waals surface area contributed by atoms with E-state index in [9.17, 15) is 9.59 Å². The molecule has 2 amide bonds. The topological polar surface area (TPSA) is 74.8 Å². The van der Waals surface area contributed by atoms with E-state index in [0.717, 1.165) is 5.56 Å². The lowest BCUT2D eigenvalue weighted by Crippen LogP contribution is -2.87. The number of quaternary nitrogens is 1. The Bertz CT molecular complexity index is 420. The minimum atomic E-state index is -0.297. The Hall–Kier alpha value is -1.59. The number of rotatable bonds is 4. The highest BCUT2D eigenvalue weighted by Crippen LogP contribution is 2.13. The first-order valence-corrected chi connectivity index (χ1v) is 6.01. The highest BCUT2D eigenvalue weighted by molar-refractivity contribution is 6.30. The van der Waals surface area contributed by atoms with Crippen LogP contribution in [0.3, 0.4) is 0 Å². The van der Waals surface area contributed by atoms with Crippen LogP contribution in [0.25, 0.3) is 0 Å². The molecule has 1 aromatic rings. The van der Waals surface area contributed by atoms with Gasteiger partial charge in [0.05, 0.1) is 0 Å². The fraction of sp³-hybridized carbons (Fsp3) is 0.333. The standard InChI is InChI=1S/C12H16ClN3O2/c1-8(10-3-5-11(13)6-4-10)14-7-12(18)16-15-9(2)17/h3-6,8,14H,7H2,1-2H3,(H,15,17)(H,16,18)/p+1/t8-/m1/s1. The summed E-state index contributed by atoms with van der Waals surface area (Å²) in [6.07, 6.45) is 0. The molecule has 0 saturated carbocycles. The van der Waals surface area contributed by atoms with Crippen molar-refractivity contribution in [1.29, 1.82) is 0 Å². The number of carbonyl (C=O) groups excluding carboxylic acids is 2. The number of nitrogens with one attached hydrogen (secondary N) is 2. The van der Waals surface area contributed by atoms with E-state index in [2.05, 4.69) is 10.9 Å². The predicted molar refractivity (Wildman–Crippen MR) is 68.6 cm³/mol. The quantitative estimate of drug-likeness (QED) is 0.681. The van der Waals surface area contributed by atoms with E-state index in [1.807, 2.05) is 36.5 Å². The third-order valence-electron chi connectivity index (χ3n) is 2.43. The second-order valence-electron chi connectivity index (χ2n) is 4.01. The SMILES string of the molecule is CC(=O)NNC(=O)C[NH2+][C@H](C)c1ccc(Cl)cc1. The minimum absolute atomic E-state index is 0.144. The van der Waals surface area contributed by atoms with Crippen LogP contribution in [0.15, 0.2) is 24.3 Å². The van der Waals surface area contributed by atoms with Gasteiger partial charge < -0.3 is 5.32 Å². The van der Waals surface area contributed by atoms with Gasteiger partial charge in [-0.25, -0.2) is 0 Å². The van der Waals surface area contributed by atoms with E-state index >= 15 is 0 Å². The van der Waals surface area contributed by atoms with E-state index in [1.165, 1.54) is 6.92 Å². The van der Waals surface area contributed by atoms with Gasteiger partial charge in [-0.1, -0.05) is 23.7 Å². The van der Waals surface area contributed by atoms with Crippen molar-refractivity contribution in [2.45, 2.75) is 19.9 Å². The maximum absolute atomic E-state index is 11.4. The van der Waals surface area contributed by atoms with E-state index < -0.39 is 0 Å². The van der Waals surface area contributed by atoms with E-state index in [-0.39, 0.29) is 24.4 Å². The number of hydrogen-bond donors (Lipinski definition) is 3. The normalized spacial score (nSPS) is 11.7. The summed E-state index contributed by atoms with van der Waals surface area (Å²) in [6.45, 7) is 3.57. The zero-order valence-electron chi connectivity index (χ0n) is 10.4. The summed E-state index contributed by atoms with van der Waals surface area (Å²) in [5.41, 5.74) is 5.64. The fourth-order valence-corrected chi connectivity index (χ4v) is 1.52. The summed E-state index contributed by atoms with van der Waals surface area (Å²) < 4.78 is 0. The lowest BCUT2D eigenvalue weighted by atomic mass is 10.1. The number of carbonyl (C=O) groups is 2. The molecule has 0 heterocycles. The zero-order valence-corrected chi connectivity index (χ0v) is 11.1. The van der Waals surface area contributed by atoms with Gasteiger partial charge in [-0.05, 0) is 19.1 Å². The number of halogens is 1. The van der Waals surface area contributed by atoms with Crippen molar-refractivity contribution >= 4 is 23.4 Å². The van der Waals surface area contributed by atoms with E-state index in [0.29, 0.717) is 5.02 Å². The van der Waals surface area contributed by atoms with Crippen LogP contribution in [0.5, 0.6) is 0 Å². The molecule has 4 N–H and O–H groups in total. The second-order valence-corrected chi connectivity index (χ2v) is 4.45. The van der Waals surface area contributed by atoms with Crippen molar-refractivity contribution in [3.05, 3.63) is 34.9 Å². The van der Waals surface area contributed by atoms with Crippen molar-refractivity contribution in [2.75, 3.05) is 6.54 Å². The molecule has 1 aromatic carbocycles. The van der Waals surface area contributed by atoms with Crippen LogP contribution >= 0.6 is 11.6 Å². The number of benzene rings is 1. The molecule has 0 aliphatic carbocycles. The molecular formula is C12H17ClN3O2+. The molecule has 0 saturated heterocycles. The number of hydrazine groups is 1. The summed E-state index contributed by atoms with van der Waals surface area (Å²) in [5, 5.41) is 2.56. The van der Waals surface area contributed by atoms with Crippen molar-refractivity contribution in [3.63, 3.8) is 0 Å². The average Bonchev–Trinajstić information content (AvgIpc) is 2.34. The smallest absolute Gasteiger partial charge is 0.293 e. The highest BCUT2D eigenvalue weighted by atomic mass is 35.5. The van der Waals surface area contributed by atoms with Gasteiger partial charge in [-0.2, -0.15) is 0 Å². The van der Waals surface area contributed by atoms with Gasteiger partial charge >= 0.3 is 0 Å². The van der Waals surface area contributed by atoms with Crippen molar-refractivity contribution in [1.82, 2.24) is 10.9 Å². The summed E-state index contributed by atoms with van der Waals surface area (Å²) >= 11 is 5.80. The lowest BCUT2D eigenvalue weighted by Gasteiger charge is -2.11. The molecule has 0 spiro atoms. The molecule has 0 fully saturated rings. The summed E-state index contributed by atoms with van der Waals surface area (Å²) in [7, 11) is 0. The first-order chi connectivity index (χ1) is 8.49. The molecule has 18 heavy (non-hydrogen) atoms. The van der Waals surface area contributed by atoms with Crippen molar-refractivity contribution < 1.29 is 14.9 Å². The summed E-state index contributed by atoms with van der Waals surface area (Å²) in [6, 6.07) is 7.63. The molecule has 0 aliphatic rings. The van der Waals surface area contributed by atoms with Gasteiger partial charge in [0, 0.05) is 17.5 Å². The fourth-order valence-electron chi connectivity index (χ4n) is 1.39. The molecular weight excluding hydrogens is 254 g/mol. The van der Waals surface area contributed by atoms with Gasteiger partial charge in [0.15, 0.2) is 6.54 Å². The van der Waals surface area contributed by atoms with Crippen LogP contribution in [0.2, 0.25) is 5.02 Å². The molecule has 0 radical (unpaired) electrons. The van der Waals surface area contributed by atoms with Crippen LogP contribution in [0, 0.1) is 0 Å². The van der Waals surface area contributed by atoms with Crippen LogP contribution in [0.4, 0.5) is 0 Å². The number of hydrogen-bond acceptors (Lipinski definition) is 2. The zero-order chi connectivity index (χ0) is 13.5. The minimum Gasteiger partial charge on any atom is -0.332 e. The summed E-state index contributed by atoms with van der Waals surface area (Å²) in [5.74, 6) is -0.542. The third-order valence-corrected chi connectivity index (χ3v) is 2.68. The number of nitrogens with two attached hydrogens (primary N) is 1. The average molecular weight is 271 g/mol. The Balaban J connectivity index is 2.36. The Labute approximate surface area is 111 Å². The maximum atomic E-state index is 11.4. The van der Waals surface area contributed by atoms with Gasteiger partial charge in [0.2, 0.25) is 5.91 Å². The van der Waals surface area contributed by atoms with Gasteiger partial charge in [-0.15, -0.1) is 0 Å². The molecule has 5 nitrogen and oxygen atoms in total.